The van der Waals surface area contributed by atoms with Crippen molar-refractivity contribution in [2.45, 2.75) is 27.2 Å². The largest absolute Gasteiger partial charge is 0.537 e. The van der Waals surface area contributed by atoms with Crippen LogP contribution in [0.3, 0.4) is 0 Å². The summed E-state index contributed by atoms with van der Waals surface area (Å²) in [5.74, 6) is 0. The molecule has 0 aliphatic heterocycles. The fraction of sp³-hybridized carbons (Fsp3) is 0.533. The zero-order valence-electron chi connectivity index (χ0n) is 12.7. The first-order valence-electron chi connectivity index (χ1n) is 7.03. The van der Waals surface area contributed by atoms with E-state index >= 15 is 0 Å². The van der Waals surface area contributed by atoms with Crippen LogP contribution in [-0.4, -0.2) is 33.1 Å². The molecular weight excluding hydrogens is 383 g/mol. The maximum Gasteiger partial charge on any atom is 0.537 e. The highest BCUT2D eigenvalue weighted by Crippen LogP contribution is 2.10. The van der Waals surface area contributed by atoms with E-state index in [9.17, 15) is 0 Å². The van der Waals surface area contributed by atoms with Gasteiger partial charge < -0.3 is 13.3 Å². The molecule has 3 nitrogen and oxygen atoms in total. The van der Waals surface area contributed by atoms with Gasteiger partial charge in [0.05, 0.1) is 13.3 Å². The minimum absolute atomic E-state index is 0.598. The van der Waals surface area contributed by atoms with Crippen molar-refractivity contribution < 1.29 is 13.3 Å². The number of rotatable bonds is 8. The van der Waals surface area contributed by atoms with Gasteiger partial charge in [0.2, 0.25) is 0 Å². The van der Waals surface area contributed by atoms with Crippen LogP contribution in [0.4, 0.5) is 0 Å². The van der Waals surface area contributed by atoms with Crippen LogP contribution in [0, 0.1) is 6.92 Å². The number of benzene rings is 1. The van der Waals surface area contributed by atoms with Crippen molar-refractivity contribution in [3.63, 3.8) is 0 Å². The standard InChI is InChI=1S/C12H20O3Si.C3H6I/c1-4-13-16(14-5-2,15-6-3)12-10-8-7-9-11-12;1-2-3-4/h7-11H,4-6H2,1-3H3;1-3H2/q;+1. The zero-order chi connectivity index (χ0) is 15.3. The number of hydrogen-bond acceptors (Lipinski definition) is 3. The molecule has 0 radical (unpaired) electrons. The molecule has 0 unspecified atom stereocenters. The number of halogens is 1. The molecule has 0 heterocycles. The molecule has 0 spiro atoms. The van der Waals surface area contributed by atoms with Gasteiger partial charge in [0.25, 0.3) is 0 Å². The second kappa shape index (κ2) is 12.6. The molecule has 0 saturated carbocycles. The molecule has 0 saturated heterocycles. The van der Waals surface area contributed by atoms with Crippen LogP contribution in [-0.2, 0) is 13.3 Å². The Balaban J connectivity index is 0.000000796. The molecule has 0 atom stereocenters. The molecule has 5 heteroatoms. The molecule has 0 bridgehead atoms. The Morgan fingerprint density at radius 3 is 1.65 bits per heavy atom. The van der Waals surface area contributed by atoms with Gasteiger partial charge in [-0.15, -0.1) is 0 Å². The third-order valence-electron chi connectivity index (χ3n) is 2.26. The third kappa shape index (κ3) is 7.08. The van der Waals surface area contributed by atoms with Crippen LogP contribution in [0.2, 0.25) is 0 Å². The second-order valence-electron chi connectivity index (χ2n) is 3.76. The van der Waals surface area contributed by atoms with Crippen LogP contribution in [0.25, 0.3) is 0 Å². The molecule has 0 N–H and O–H groups in total. The second-order valence-corrected chi connectivity index (χ2v) is 7.40. The molecular formula is C15H26IO3Si+. The van der Waals surface area contributed by atoms with E-state index in [0.29, 0.717) is 19.8 Å². The molecule has 0 aliphatic rings. The minimum atomic E-state index is -2.67. The van der Waals surface area contributed by atoms with Crippen LogP contribution in [0.5, 0.6) is 0 Å². The molecule has 0 amide bonds. The molecule has 0 aromatic heterocycles. The lowest BCUT2D eigenvalue weighted by atomic mass is 10.4. The normalized spacial score (nSPS) is 10.8. The monoisotopic (exact) mass is 409 g/mol. The molecule has 1 rings (SSSR count). The van der Waals surface area contributed by atoms with E-state index in [1.807, 2.05) is 51.1 Å². The first kappa shape index (κ1) is 19.9. The summed E-state index contributed by atoms with van der Waals surface area (Å²) in [4.78, 5) is 0. The Kier molecular flexibility index (Phi) is 12.6. The van der Waals surface area contributed by atoms with E-state index < -0.39 is 8.80 Å². The van der Waals surface area contributed by atoms with Gasteiger partial charge in [-0.25, -0.2) is 0 Å². The average molecular weight is 409 g/mol. The van der Waals surface area contributed by atoms with Crippen LogP contribution in [0.1, 0.15) is 27.2 Å². The maximum atomic E-state index is 5.79. The summed E-state index contributed by atoms with van der Waals surface area (Å²) in [5, 5.41) is 1.03. The minimum Gasteiger partial charge on any atom is -0.370 e. The van der Waals surface area contributed by atoms with Crippen LogP contribution >= 0.6 is 22.6 Å². The fourth-order valence-corrected chi connectivity index (χ4v) is 4.08. The smallest absolute Gasteiger partial charge is 0.370 e. The quantitative estimate of drug-likeness (QED) is 0.284. The van der Waals surface area contributed by atoms with Gasteiger partial charge in [0.15, 0.2) is 0 Å². The molecule has 114 valence electrons. The number of hydrogen-bond donors (Lipinski definition) is 0. The van der Waals surface area contributed by atoms with E-state index in [1.54, 1.807) is 0 Å². The van der Waals surface area contributed by atoms with Crippen molar-refractivity contribution in [3.8, 4) is 0 Å². The highest BCUT2D eigenvalue weighted by atomic mass is 127. The van der Waals surface area contributed by atoms with Crippen LogP contribution < -0.4 is 5.19 Å². The van der Waals surface area contributed by atoms with Gasteiger partial charge in [-0.3, -0.25) is 0 Å². The predicted molar refractivity (Wildman–Crippen MR) is 95.6 cm³/mol. The lowest BCUT2D eigenvalue weighted by Crippen LogP contribution is -2.56. The summed E-state index contributed by atoms with van der Waals surface area (Å²) in [6, 6.07) is 9.95. The van der Waals surface area contributed by atoms with Gasteiger partial charge >= 0.3 is 8.80 Å². The summed E-state index contributed by atoms with van der Waals surface area (Å²) >= 11 is 2.29. The van der Waals surface area contributed by atoms with Gasteiger partial charge in [-0.05, 0) is 20.8 Å². The van der Waals surface area contributed by atoms with Gasteiger partial charge in [0.1, 0.15) is 0 Å². The highest BCUT2D eigenvalue weighted by Gasteiger charge is 2.42. The van der Waals surface area contributed by atoms with Crippen molar-refractivity contribution >= 4 is 36.6 Å². The fourth-order valence-electron chi connectivity index (χ4n) is 1.59. The third-order valence-corrected chi connectivity index (χ3v) is 6.07. The summed E-state index contributed by atoms with van der Waals surface area (Å²) in [6.45, 7) is 11.3. The van der Waals surface area contributed by atoms with Crippen molar-refractivity contribution in [2.75, 3.05) is 24.2 Å². The van der Waals surface area contributed by atoms with E-state index in [0.717, 1.165) is 11.6 Å². The molecule has 0 aliphatic carbocycles. The molecule has 1 aromatic rings. The number of alkyl halides is 1. The van der Waals surface area contributed by atoms with E-state index in [-0.39, 0.29) is 0 Å². The van der Waals surface area contributed by atoms with E-state index in [4.69, 9.17) is 13.3 Å². The Hall–Kier alpha value is -0.0831. The van der Waals surface area contributed by atoms with Crippen molar-refractivity contribution in [3.05, 3.63) is 37.3 Å². The Morgan fingerprint density at radius 1 is 0.950 bits per heavy atom. The lowest BCUT2D eigenvalue weighted by molar-refractivity contribution is 0.0859. The van der Waals surface area contributed by atoms with Crippen LogP contribution in [0.15, 0.2) is 30.3 Å². The highest BCUT2D eigenvalue weighted by molar-refractivity contribution is 14.1. The summed E-state index contributed by atoms with van der Waals surface area (Å²) < 4.78 is 18.6. The first-order valence-corrected chi connectivity index (χ1v) is 10.3. The zero-order valence-corrected chi connectivity index (χ0v) is 15.9. The van der Waals surface area contributed by atoms with Gasteiger partial charge in [-0.1, -0.05) is 52.9 Å². The lowest BCUT2D eigenvalue weighted by Gasteiger charge is -2.28. The van der Waals surface area contributed by atoms with Gasteiger partial charge in [0, 0.05) is 29.4 Å². The average Bonchev–Trinajstić information content (AvgIpc) is 2.49. The van der Waals surface area contributed by atoms with Crippen molar-refractivity contribution in [1.82, 2.24) is 0 Å². The summed E-state index contributed by atoms with van der Waals surface area (Å²) in [6.07, 6.45) is 1.06. The summed E-state index contributed by atoms with van der Waals surface area (Å²) in [5.41, 5.74) is 0. The first-order chi connectivity index (χ1) is 9.70. The van der Waals surface area contributed by atoms with E-state index in [2.05, 4.69) is 29.5 Å². The predicted octanol–water partition coefficient (Wildman–Crippen LogP) is 3.59. The van der Waals surface area contributed by atoms with Gasteiger partial charge in [-0.2, -0.15) is 0 Å². The van der Waals surface area contributed by atoms with Crippen molar-refractivity contribution in [2.24, 2.45) is 0 Å². The van der Waals surface area contributed by atoms with E-state index in [1.165, 1.54) is 4.43 Å². The Bertz CT molecular complexity index is 303. The Labute approximate surface area is 138 Å². The molecule has 1 aromatic carbocycles. The Morgan fingerprint density at radius 2 is 1.35 bits per heavy atom. The maximum absolute atomic E-state index is 5.79. The summed E-state index contributed by atoms with van der Waals surface area (Å²) in [7, 11) is -2.67. The topological polar surface area (TPSA) is 27.7 Å². The van der Waals surface area contributed by atoms with Crippen molar-refractivity contribution in [1.29, 1.82) is 0 Å². The molecule has 0 fully saturated rings. The molecule has 20 heavy (non-hydrogen) atoms. The SMILES string of the molecule is CCO[Si](OCC)(OCC)c1ccccc1.[CH2+]CCI.